The van der Waals surface area contributed by atoms with E-state index in [1.54, 1.807) is 0 Å². The molecule has 1 fully saturated rings. The number of hydrogen-bond acceptors (Lipinski definition) is 6. The summed E-state index contributed by atoms with van der Waals surface area (Å²) in [7, 11) is 2.19. The van der Waals surface area contributed by atoms with E-state index in [0.717, 1.165) is 73.7 Å². The molecule has 7 heteroatoms. The van der Waals surface area contributed by atoms with Crippen LogP contribution in [-0.2, 0) is 0 Å². The lowest BCUT2D eigenvalue weighted by Gasteiger charge is -2.32. The summed E-state index contributed by atoms with van der Waals surface area (Å²) in [6.45, 7) is 6.51. The first kappa shape index (κ1) is 21.4. The Bertz CT molecular complexity index is 1220. The van der Waals surface area contributed by atoms with Crippen molar-refractivity contribution in [3.05, 3.63) is 60.9 Å². The van der Waals surface area contributed by atoms with E-state index in [4.69, 9.17) is 5.73 Å². The summed E-state index contributed by atoms with van der Waals surface area (Å²) in [6.07, 6.45) is 4.95. The van der Waals surface area contributed by atoms with Crippen LogP contribution in [0, 0.1) is 0 Å². The molecule has 0 bridgehead atoms. The van der Waals surface area contributed by atoms with Gasteiger partial charge >= 0.3 is 0 Å². The Morgan fingerprint density at radius 1 is 1.00 bits per heavy atom. The highest BCUT2D eigenvalue weighted by Crippen LogP contribution is 2.33. The summed E-state index contributed by atoms with van der Waals surface area (Å²) in [6, 6.07) is 16.9. The van der Waals surface area contributed by atoms with Gasteiger partial charge in [-0.2, -0.15) is 4.98 Å². The molecular weight excluding hydrogens is 410 g/mol. The first-order valence-electron chi connectivity index (χ1n) is 11.6. The third-order valence-electron chi connectivity index (χ3n) is 6.42. The maximum Gasteiger partial charge on any atom is 0.221 e. The van der Waals surface area contributed by atoms with Gasteiger partial charge < -0.3 is 25.8 Å². The standard InChI is InChI=1S/C26H31N7/c1-32-12-14-33(15-13-32)11-5-10-28-25-23(18-30-26(27)31-25)20-7-4-6-19(16-20)22-17-29-24-9-3-2-8-21(22)24/h2-4,6-9,16-18,29H,5,10-15H2,1H3,(H3,27,28,30,31). The lowest BCUT2D eigenvalue weighted by atomic mass is 9.99. The van der Waals surface area contributed by atoms with Gasteiger partial charge in [0.25, 0.3) is 0 Å². The molecule has 2 aromatic heterocycles. The highest BCUT2D eigenvalue weighted by molar-refractivity contribution is 5.96. The van der Waals surface area contributed by atoms with Crippen LogP contribution in [0.4, 0.5) is 11.8 Å². The maximum absolute atomic E-state index is 5.93. The van der Waals surface area contributed by atoms with E-state index in [0.29, 0.717) is 0 Å². The SMILES string of the molecule is CN1CCN(CCCNc2nc(N)ncc2-c2cccc(-c3c[nH]c4ccccc34)c2)CC1. The monoisotopic (exact) mass is 441 g/mol. The van der Waals surface area contributed by atoms with E-state index < -0.39 is 0 Å². The van der Waals surface area contributed by atoms with Crippen molar-refractivity contribution in [2.75, 3.05) is 57.4 Å². The second-order valence-corrected chi connectivity index (χ2v) is 8.74. The van der Waals surface area contributed by atoms with Crippen LogP contribution >= 0.6 is 0 Å². The number of anilines is 2. The number of H-pyrrole nitrogens is 1. The molecule has 4 N–H and O–H groups in total. The van der Waals surface area contributed by atoms with Crippen LogP contribution in [0.2, 0.25) is 0 Å². The molecular formula is C26H31N7. The Morgan fingerprint density at radius 3 is 2.64 bits per heavy atom. The fourth-order valence-electron chi connectivity index (χ4n) is 4.49. The van der Waals surface area contributed by atoms with Crippen molar-refractivity contribution in [2.24, 2.45) is 0 Å². The van der Waals surface area contributed by atoms with Crippen LogP contribution in [0.25, 0.3) is 33.2 Å². The molecule has 33 heavy (non-hydrogen) atoms. The van der Waals surface area contributed by atoms with Gasteiger partial charge in [0, 0.05) is 67.1 Å². The molecule has 1 aliphatic heterocycles. The quantitative estimate of drug-likeness (QED) is 0.377. The molecule has 0 atom stereocenters. The van der Waals surface area contributed by atoms with Gasteiger partial charge in [0.05, 0.1) is 0 Å². The summed E-state index contributed by atoms with van der Waals surface area (Å²) in [5.74, 6) is 1.07. The number of rotatable bonds is 7. The van der Waals surface area contributed by atoms with Gasteiger partial charge in [-0.15, -0.1) is 0 Å². The van der Waals surface area contributed by atoms with Gasteiger partial charge in [0.15, 0.2) is 0 Å². The number of piperazine rings is 1. The van der Waals surface area contributed by atoms with Gasteiger partial charge in [0.1, 0.15) is 5.82 Å². The molecule has 7 nitrogen and oxygen atoms in total. The number of aromatic nitrogens is 3. The molecule has 0 saturated carbocycles. The minimum Gasteiger partial charge on any atom is -0.369 e. The van der Waals surface area contributed by atoms with E-state index in [1.807, 2.05) is 12.3 Å². The third-order valence-corrected chi connectivity index (χ3v) is 6.42. The first-order chi connectivity index (χ1) is 16.2. The number of aromatic amines is 1. The van der Waals surface area contributed by atoms with Gasteiger partial charge in [-0.1, -0.05) is 36.4 Å². The Kier molecular flexibility index (Phi) is 6.24. The zero-order chi connectivity index (χ0) is 22.6. The second kappa shape index (κ2) is 9.60. The van der Waals surface area contributed by atoms with E-state index in [2.05, 4.69) is 85.8 Å². The van der Waals surface area contributed by atoms with E-state index in [9.17, 15) is 0 Å². The largest absolute Gasteiger partial charge is 0.369 e. The van der Waals surface area contributed by atoms with E-state index in [1.165, 1.54) is 10.9 Å². The lowest BCUT2D eigenvalue weighted by molar-refractivity contribution is 0.154. The predicted octanol–water partition coefficient (Wildman–Crippen LogP) is 3.92. The molecule has 2 aromatic carbocycles. The Morgan fingerprint density at radius 2 is 1.79 bits per heavy atom. The van der Waals surface area contributed by atoms with Crippen molar-refractivity contribution in [2.45, 2.75) is 6.42 Å². The Labute approximate surface area is 194 Å². The molecule has 1 aliphatic rings. The molecule has 0 aliphatic carbocycles. The summed E-state index contributed by atoms with van der Waals surface area (Å²) in [4.78, 5) is 17.1. The average molecular weight is 442 g/mol. The number of nitrogens with two attached hydrogens (primary N) is 1. The second-order valence-electron chi connectivity index (χ2n) is 8.74. The number of hydrogen-bond donors (Lipinski definition) is 3. The minimum absolute atomic E-state index is 0.285. The van der Waals surface area contributed by atoms with Crippen LogP contribution in [0.5, 0.6) is 0 Å². The molecule has 0 spiro atoms. The average Bonchev–Trinajstić information content (AvgIpc) is 3.27. The van der Waals surface area contributed by atoms with E-state index in [-0.39, 0.29) is 5.95 Å². The van der Waals surface area contributed by atoms with E-state index >= 15 is 0 Å². The highest BCUT2D eigenvalue weighted by Gasteiger charge is 2.14. The van der Waals surface area contributed by atoms with Crippen molar-refractivity contribution >= 4 is 22.7 Å². The van der Waals surface area contributed by atoms with Gasteiger partial charge in [-0.25, -0.2) is 4.98 Å². The van der Waals surface area contributed by atoms with Crippen molar-refractivity contribution in [3.8, 4) is 22.3 Å². The number of nitrogens with zero attached hydrogens (tertiary/aromatic N) is 4. The third kappa shape index (κ3) is 4.84. The molecule has 0 unspecified atom stereocenters. The number of benzene rings is 2. The number of nitrogen functional groups attached to an aromatic ring is 1. The highest BCUT2D eigenvalue weighted by atomic mass is 15.2. The topological polar surface area (TPSA) is 86.1 Å². The molecule has 4 aromatic rings. The zero-order valence-electron chi connectivity index (χ0n) is 19.1. The fourth-order valence-corrected chi connectivity index (χ4v) is 4.49. The molecule has 170 valence electrons. The molecule has 0 amide bonds. The van der Waals surface area contributed by atoms with Crippen molar-refractivity contribution in [3.63, 3.8) is 0 Å². The van der Waals surface area contributed by atoms with Gasteiger partial charge in [0.2, 0.25) is 5.95 Å². The summed E-state index contributed by atoms with van der Waals surface area (Å²) in [5.41, 5.74) is 11.4. The molecule has 0 radical (unpaired) electrons. The number of para-hydroxylation sites is 1. The number of fused-ring (bicyclic) bond motifs is 1. The Balaban J connectivity index is 1.33. The van der Waals surface area contributed by atoms with Crippen molar-refractivity contribution in [1.82, 2.24) is 24.8 Å². The Hall–Kier alpha value is -3.42. The smallest absolute Gasteiger partial charge is 0.221 e. The zero-order valence-corrected chi connectivity index (χ0v) is 19.1. The van der Waals surface area contributed by atoms with Gasteiger partial charge in [-0.3, -0.25) is 0 Å². The van der Waals surface area contributed by atoms with Crippen molar-refractivity contribution < 1.29 is 0 Å². The predicted molar refractivity (Wildman–Crippen MR) is 136 cm³/mol. The molecule has 1 saturated heterocycles. The van der Waals surface area contributed by atoms with Crippen LogP contribution in [0.3, 0.4) is 0 Å². The molecule has 5 rings (SSSR count). The van der Waals surface area contributed by atoms with Crippen molar-refractivity contribution in [1.29, 1.82) is 0 Å². The normalized spacial score (nSPS) is 15.2. The lowest BCUT2D eigenvalue weighted by Crippen LogP contribution is -2.44. The number of likely N-dealkylation sites (N-methyl/N-ethyl adjacent to an activating group) is 1. The first-order valence-corrected chi connectivity index (χ1v) is 11.6. The summed E-state index contributed by atoms with van der Waals surface area (Å²) >= 11 is 0. The van der Waals surface area contributed by atoms with Crippen LogP contribution in [-0.4, -0.2) is 71.1 Å². The number of nitrogens with one attached hydrogen (secondary N) is 2. The summed E-state index contributed by atoms with van der Waals surface area (Å²) < 4.78 is 0. The minimum atomic E-state index is 0.285. The van der Waals surface area contributed by atoms with Crippen LogP contribution in [0.1, 0.15) is 6.42 Å². The summed E-state index contributed by atoms with van der Waals surface area (Å²) in [5, 5.41) is 4.72. The molecule has 3 heterocycles. The van der Waals surface area contributed by atoms with Gasteiger partial charge in [-0.05, 0) is 43.3 Å². The van der Waals surface area contributed by atoms with Crippen LogP contribution < -0.4 is 11.1 Å². The fraction of sp³-hybridized carbons (Fsp3) is 0.308. The maximum atomic E-state index is 5.93. The van der Waals surface area contributed by atoms with Crippen LogP contribution in [0.15, 0.2) is 60.9 Å².